The molecule has 1 amide bonds. The van der Waals surface area contributed by atoms with Crippen molar-refractivity contribution in [3.63, 3.8) is 0 Å². The van der Waals surface area contributed by atoms with E-state index in [1.165, 1.54) is 0 Å². The highest BCUT2D eigenvalue weighted by molar-refractivity contribution is 5.78. The van der Waals surface area contributed by atoms with Gasteiger partial charge in [0.1, 0.15) is 11.6 Å². The van der Waals surface area contributed by atoms with E-state index < -0.39 is 0 Å². The van der Waals surface area contributed by atoms with E-state index in [4.69, 9.17) is 5.73 Å². The van der Waals surface area contributed by atoms with Crippen LogP contribution in [0.4, 0.5) is 0 Å². The van der Waals surface area contributed by atoms with Crippen molar-refractivity contribution in [1.82, 2.24) is 15.3 Å². The van der Waals surface area contributed by atoms with Gasteiger partial charge >= 0.3 is 0 Å². The lowest BCUT2D eigenvalue weighted by Gasteiger charge is -2.18. The molecule has 0 bridgehead atoms. The fraction of sp³-hybridized carbons (Fsp3) is 0.263. The first kappa shape index (κ1) is 17.0. The molecule has 130 valence electrons. The van der Waals surface area contributed by atoms with E-state index in [2.05, 4.69) is 15.3 Å². The number of aromatic amines is 1. The topological polar surface area (TPSA) is 104 Å². The second-order valence-corrected chi connectivity index (χ2v) is 6.31. The third-order valence-electron chi connectivity index (χ3n) is 3.96. The first-order valence-electron chi connectivity index (χ1n) is 8.29. The van der Waals surface area contributed by atoms with Gasteiger partial charge in [0.2, 0.25) is 5.91 Å². The Morgan fingerprint density at radius 2 is 1.96 bits per heavy atom. The Kier molecular flexibility index (Phi) is 5.00. The summed E-state index contributed by atoms with van der Waals surface area (Å²) in [6.07, 6.45) is 0.817. The Balaban J connectivity index is 1.87. The minimum absolute atomic E-state index is 0.112. The predicted octanol–water partition coefficient (Wildman–Crippen LogP) is 2.41. The quantitative estimate of drug-likeness (QED) is 0.554. The van der Waals surface area contributed by atoms with Gasteiger partial charge in [-0.3, -0.25) is 4.79 Å². The molecule has 6 heteroatoms. The third-order valence-corrected chi connectivity index (χ3v) is 3.96. The molecule has 0 aliphatic carbocycles. The fourth-order valence-corrected chi connectivity index (χ4v) is 2.77. The molecule has 3 aromatic rings. The minimum atomic E-state index is -0.303. The number of H-pyrrole nitrogens is 1. The number of aromatic hydroxyl groups is 1. The number of nitrogens with one attached hydrogen (secondary N) is 2. The van der Waals surface area contributed by atoms with E-state index in [0.717, 1.165) is 16.6 Å². The number of amides is 1. The molecule has 0 spiro atoms. The fourth-order valence-electron chi connectivity index (χ4n) is 2.77. The van der Waals surface area contributed by atoms with Gasteiger partial charge in [0.15, 0.2) is 0 Å². The van der Waals surface area contributed by atoms with Crippen molar-refractivity contribution in [3.05, 3.63) is 59.9 Å². The van der Waals surface area contributed by atoms with Crippen LogP contribution in [0.1, 0.15) is 30.8 Å². The third kappa shape index (κ3) is 4.36. The van der Waals surface area contributed by atoms with E-state index in [-0.39, 0.29) is 30.2 Å². The number of aromatic nitrogens is 2. The number of hydrogen-bond donors (Lipinski definition) is 4. The number of rotatable bonds is 6. The van der Waals surface area contributed by atoms with Gasteiger partial charge in [0.05, 0.1) is 17.1 Å². The molecule has 2 unspecified atom stereocenters. The molecule has 0 radical (unpaired) electrons. The average Bonchev–Trinajstić information content (AvgIpc) is 2.99. The summed E-state index contributed by atoms with van der Waals surface area (Å²) in [6.45, 7) is 1.80. The summed E-state index contributed by atoms with van der Waals surface area (Å²) in [5.41, 5.74) is 8.50. The van der Waals surface area contributed by atoms with E-state index in [0.29, 0.717) is 12.2 Å². The lowest BCUT2D eigenvalue weighted by Crippen LogP contribution is -2.34. The van der Waals surface area contributed by atoms with Gasteiger partial charge in [-0.25, -0.2) is 4.98 Å². The maximum absolute atomic E-state index is 12.2. The Morgan fingerprint density at radius 3 is 2.64 bits per heavy atom. The van der Waals surface area contributed by atoms with Crippen LogP contribution in [0.15, 0.2) is 48.5 Å². The molecule has 1 aromatic heterocycles. The number of phenols is 1. The van der Waals surface area contributed by atoms with Crippen LogP contribution in [-0.2, 0) is 11.2 Å². The van der Waals surface area contributed by atoms with Gasteiger partial charge < -0.3 is 21.1 Å². The summed E-state index contributed by atoms with van der Waals surface area (Å²) in [7, 11) is 0. The van der Waals surface area contributed by atoms with E-state index >= 15 is 0 Å². The summed E-state index contributed by atoms with van der Waals surface area (Å²) in [6, 6.07) is 14.2. The van der Waals surface area contributed by atoms with Crippen molar-refractivity contribution in [2.24, 2.45) is 5.73 Å². The summed E-state index contributed by atoms with van der Waals surface area (Å²) in [4.78, 5) is 20.1. The van der Waals surface area contributed by atoms with Crippen molar-refractivity contribution >= 4 is 16.9 Å². The SMILES string of the molecule is CC(N)CC(=O)NC(Cc1ccc(O)cc1)c1nc2ccccc2[nH]1. The number of para-hydroxylation sites is 2. The monoisotopic (exact) mass is 338 g/mol. The zero-order valence-corrected chi connectivity index (χ0v) is 14.1. The zero-order chi connectivity index (χ0) is 17.8. The van der Waals surface area contributed by atoms with Crippen LogP contribution in [0.3, 0.4) is 0 Å². The second-order valence-electron chi connectivity index (χ2n) is 6.31. The van der Waals surface area contributed by atoms with Crippen LogP contribution in [0.5, 0.6) is 5.75 Å². The van der Waals surface area contributed by atoms with E-state index in [1.54, 1.807) is 19.1 Å². The van der Waals surface area contributed by atoms with Crippen LogP contribution in [0.2, 0.25) is 0 Å². The molecule has 6 nitrogen and oxygen atoms in total. The normalized spacial score (nSPS) is 13.5. The summed E-state index contributed by atoms with van der Waals surface area (Å²) >= 11 is 0. The molecular formula is C19H22N4O2. The maximum Gasteiger partial charge on any atom is 0.222 e. The Morgan fingerprint density at radius 1 is 1.24 bits per heavy atom. The predicted molar refractivity (Wildman–Crippen MR) is 97.1 cm³/mol. The standard InChI is InChI=1S/C19H22N4O2/c1-12(20)10-18(25)21-17(11-13-6-8-14(24)9-7-13)19-22-15-4-2-3-5-16(15)23-19/h2-9,12,17,24H,10-11,20H2,1H3,(H,21,25)(H,22,23). The molecule has 0 aliphatic heterocycles. The van der Waals surface area contributed by atoms with Crippen molar-refractivity contribution in [3.8, 4) is 5.75 Å². The van der Waals surface area contributed by atoms with Gasteiger partial charge in [0, 0.05) is 12.5 Å². The average molecular weight is 338 g/mol. The van der Waals surface area contributed by atoms with Crippen molar-refractivity contribution in [2.45, 2.75) is 31.8 Å². The number of nitrogens with two attached hydrogens (primary N) is 1. The van der Waals surface area contributed by atoms with Crippen LogP contribution < -0.4 is 11.1 Å². The lowest BCUT2D eigenvalue weighted by molar-refractivity contribution is -0.122. The highest BCUT2D eigenvalue weighted by Gasteiger charge is 2.19. The molecule has 25 heavy (non-hydrogen) atoms. The molecule has 0 saturated heterocycles. The van der Waals surface area contributed by atoms with Gasteiger partial charge in [-0.2, -0.15) is 0 Å². The van der Waals surface area contributed by atoms with Gasteiger partial charge in [-0.05, 0) is 43.2 Å². The van der Waals surface area contributed by atoms with Crippen molar-refractivity contribution in [2.75, 3.05) is 0 Å². The smallest absolute Gasteiger partial charge is 0.222 e. The number of hydrogen-bond acceptors (Lipinski definition) is 4. The van der Waals surface area contributed by atoms with Crippen molar-refractivity contribution in [1.29, 1.82) is 0 Å². The summed E-state index contributed by atoms with van der Waals surface area (Å²) in [5, 5.41) is 12.5. The Hall–Kier alpha value is -2.86. The molecule has 0 aliphatic rings. The van der Waals surface area contributed by atoms with Gasteiger partial charge in [-0.15, -0.1) is 0 Å². The van der Waals surface area contributed by atoms with Crippen LogP contribution in [-0.4, -0.2) is 27.0 Å². The number of phenolic OH excluding ortho intramolecular Hbond substituents is 1. The Bertz CT molecular complexity index is 822. The zero-order valence-electron chi connectivity index (χ0n) is 14.1. The lowest BCUT2D eigenvalue weighted by atomic mass is 10.0. The van der Waals surface area contributed by atoms with E-state index in [9.17, 15) is 9.90 Å². The molecule has 2 aromatic carbocycles. The summed E-state index contributed by atoms with van der Waals surface area (Å²) in [5.74, 6) is 0.802. The number of nitrogens with zero attached hydrogens (tertiary/aromatic N) is 1. The number of imidazole rings is 1. The maximum atomic E-state index is 12.2. The number of carbonyl (C=O) groups excluding carboxylic acids is 1. The number of benzene rings is 2. The molecule has 1 heterocycles. The van der Waals surface area contributed by atoms with Crippen LogP contribution in [0.25, 0.3) is 11.0 Å². The molecule has 2 atom stereocenters. The largest absolute Gasteiger partial charge is 0.508 e. The molecule has 3 rings (SSSR count). The van der Waals surface area contributed by atoms with E-state index in [1.807, 2.05) is 36.4 Å². The molecule has 0 fully saturated rings. The molecule has 5 N–H and O–H groups in total. The molecule has 0 saturated carbocycles. The van der Waals surface area contributed by atoms with Crippen LogP contribution >= 0.6 is 0 Å². The highest BCUT2D eigenvalue weighted by Crippen LogP contribution is 2.21. The van der Waals surface area contributed by atoms with Gasteiger partial charge in [-0.1, -0.05) is 24.3 Å². The van der Waals surface area contributed by atoms with Gasteiger partial charge in [0.25, 0.3) is 0 Å². The molecular weight excluding hydrogens is 316 g/mol. The minimum Gasteiger partial charge on any atom is -0.508 e. The second kappa shape index (κ2) is 7.36. The number of carbonyl (C=O) groups is 1. The van der Waals surface area contributed by atoms with Crippen LogP contribution in [0, 0.1) is 0 Å². The number of fused-ring (bicyclic) bond motifs is 1. The highest BCUT2D eigenvalue weighted by atomic mass is 16.3. The first-order valence-corrected chi connectivity index (χ1v) is 8.29. The van der Waals surface area contributed by atoms with Crippen molar-refractivity contribution < 1.29 is 9.90 Å². The summed E-state index contributed by atoms with van der Waals surface area (Å²) < 4.78 is 0. The first-order chi connectivity index (χ1) is 12.0. The Labute approximate surface area is 146 Å².